The lowest BCUT2D eigenvalue weighted by Crippen LogP contribution is -2.60. The van der Waals surface area contributed by atoms with Gasteiger partial charge in [0.05, 0.1) is 12.6 Å². The van der Waals surface area contributed by atoms with Crippen LogP contribution in [0.4, 0.5) is 13.6 Å². The number of hydrogen-bond donors (Lipinski definition) is 1. The van der Waals surface area contributed by atoms with E-state index in [1.165, 1.54) is 154 Å². The Hall–Kier alpha value is -1.97. The Bertz CT molecular complexity index is 905. The minimum Gasteiger partial charge on any atom is -0.462 e. The molecule has 0 saturated carbocycles. The number of amides is 1. The molecule has 1 saturated heterocycles. The number of hydrogen-bond acceptors (Lipinski definition) is 7. The Morgan fingerprint density at radius 2 is 0.873 bits per heavy atom. The molecule has 1 rings (SSSR count). The number of ether oxygens (including phenoxy) is 3. The van der Waals surface area contributed by atoms with Crippen LogP contribution in [0.15, 0.2) is 0 Å². The standard InChI is InChI=1S/C45H84F2N2O6/c1-3-5-7-9-11-13-15-17-19-21-23-25-27-29-31-33-43(50)53-38-41(39-54-45(52)48-40-35-49(36-40)37-42(46)47)55-44(51)34-32-30-28-26-24-22-20-18-16-14-12-10-8-6-4-2/h40-42H,3-39H2,1-2H3,(H,48,52). The monoisotopic (exact) mass is 787 g/mol. The summed E-state index contributed by atoms with van der Waals surface area (Å²) in [5, 5.41) is 2.65. The Morgan fingerprint density at radius 1 is 0.527 bits per heavy atom. The van der Waals surface area contributed by atoms with Crippen LogP contribution in [0.1, 0.15) is 219 Å². The Kier molecular flexibility index (Phi) is 34.9. The first-order chi connectivity index (χ1) is 26.8. The van der Waals surface area contributed by atoms with Crippen LogP contribution < -0.4 is 5.32 Å². The second-order valence-electron chi connectivity index (χ2n) is 16.2. The molecule has 55 heavy (non-hydrogen) atoms. The van der Waals surface area contributed by atoms with Gasteiger partial charge in [-0.25, -0.2) is 13.6 Å². The van der Waals surface area contributed by atoms with Crippen molar-refractivity contribution in [1.29, 1.82) is 0 Å². The maximum atomic E-state index is 12.7. The van der Waals surface area contributed by atoms with Crippen molar-refractivity contribution >= 4 is 18.0 Å². The minimum absolute atomic E-state index is 0.180. The van der Waals surface area contributed by atoms with Gasteiger partial charge in [0.1, 0.15) is 13.2 Å². The van der Waals surface area contributed by atoms with Crippen molar-refractivity contribution in [3.63, 3.8) is 0 Å². The van der Waals surface area contributed by atoms with Gasteiger partial charge in [0, 0.05) is 25.9 Å². The summed E-state index contributed by atoms with van der Waals surface area (Å²) in [4.78, 5) is 39.1. The molecule has 1 unspecified atom stereocenters. The van der Waals surface area contributed by atoms with Crippen LogP contribution in [0.5, 0.6) is 0 Å². The highest BCUT2D eigenvalue weighted by Gasteiger charge is 2.30. The van der Waals surface area contributed by atoms with E-state index in [2.05, 4.69) is 19.2 Å². The molecule has 1 atom stereocenters. The van der Waals surface area contributed by atoms with Gasteiger partial charge >= 0.3 is 18.0 Å². The van der Waals surface area contributed by atoms with Gasteiger partial charge in [-0.15, -0.1) is 0 Å². The second-order valence-corrected chi connectivity index (χ2v) is 16.2. The molecule has 8 nitrogen and oxygen atoms in total. The zero-order valence-corrected chi connectivity index (χ0v) is 35.5. The van der Waals surface area contributed by atoms with Crippen LogP contribution in [0.25, 0.3) is 0 Å². The zero-order valence-electron chi connectivity index (χ0n) is 35.5. The van der Waals surface area contributed by atoms with Crippen molar-refractivity contribution in [1.82, 2.24) is 10.2 Å². The molecule has 10 heteroatoms. The Labute approximate surface area is 335 Å². The molecule has 1 aliphatic heterocycles. The van der Waals surface area contributed by atoms with Crippen LogP contribution in [-0.2, 0) is 23.8 Å². The Balaban J connectivity index is 2.22. The number of carbonyl (C=O) groups excluding carboxylic acids is 3. The number of carbonyl (C=O) groups is 3. The van der Waals surface area contributed by atoms with Crippen molar-refractivity contribution < 1.29 is 37.4 Å². The van der Waals surface area contributed by atoms with Gasteiger partial charge in [0.15, 0.2) is 6.10 Å². The van der Waals surface area contributed by atoms with Crippen LogP contribution >= 0.6 is 0 Å². The largest absolute Gasteiger partial charge is 0.462 e. The number of nitrogens with zero attached hydrogens (tertiary/aromatic N) is 1. The summed E-state index contributed by atoms with van der Waals surface area (Å²) in [5.74, 6) is -0.750. The summed E-state index contributed by atoms with van der Waals surface area (Å²) in [7, 11) is 0. The van der Waals surface area contributed by atoms with Crippen LogP contribution in [0, 0.1) is 0 Å². The topological polar surface area (TPSA) is 94.2 Å². The molecule has 0 aromatic carbocycles. The van der Waals surface area contributed by atoms with E-state index >= 15 is 0 Å². The molecular formula is C45H84F2N2O6. The molecule has 0 aromatic rings. The molecular weight excluding hydrogens is 702 g/mol. The van der Waals surface area contributed by atoms with Crippen LogP contribution in [0.2, 0.25) is 0 Å². The van der Waals surface area contributed by atoms with Gasteiger partial charge in [-0.3, -0.25) is 14.5 Å². The quantitative estimate of drug-likeness (QED) is 0.0375. The van der Waals surface area contributed by atoms with Crippen LogP contribution in [0.3, 0.4) is 0 Å². The molecule has 0 aromatic heterocycles. The van der Waals surface area contributed by atoms with Crippen molar-refractivity contribution in [2.24, 2.45) is 0 Å². The third-order valence-electron chi connectivity index (χ3n) is 10.8. The molecule has 1 N–H and O–H groups in total. The SMILES string of the molecule is CCCCCCCCCCCCCCCCCC(=O)OCC(COC(=O)NC1CN(CC(F)F)C1)OC(=O)CCCCCCCCCCCCCCCCC. The Morgan fingerprint density at radius 3 is 1.25 bits per heavy atom. The molecule has 1 aliphatic rings. The van der Waals surface area contributed by atoms with Crippen molar-refractivity contribution in [3.8, 4) is 0 Å². The molecule has 0 bridgehead atoms. The van der Waals surface area contributed by atoms with E-state index in [0.717, 1.165) is 38.5 Å². The highest BCUT2D eigenvalue weighted by Crippen LogP contribution is 2.16. The number of rotatable bonds is 40. The molecule has 1 heterocycles. The predicted octanol–water partition coefficient (Wildman–Crippen LogP) is 12.6. The van der Waals surface area contributed by atoms with E-state index in [-0.39, 0.29) is 38.2 Å². The maximum Gasteiger partial charge on any atom is 0.407 e. The fraction of sp³-hybridized carbons (Fsp3) is 0.933. The van der Waals surface area contributed by atoms with Crippen molar-refractivity contribution in [2.75, 3.05) is 32.8 Å². The molecule has 0 radical (unpaired) electrons. The average Bonchev–Trinajstić information content (AvgIpc) is 3.14. The van der Waals surface area contributed by atoms with E-state index in [4.69, 9.17) is 14.2 Å². The molecule has 1 fully saturated rings. The van der Waals surface area contributed by atoms with Crippen molar-refractivity contribution in [2.45, 2.75) is 238 Å². The highest BCUT2D eigenvalue weighted by atomic mass is 19.3. The van der Waals surface area contributed by atoms with Gasteiger partial charge in [-0.1, -0.05) is 194 Å². The summed E-state index contributed by atoms with van der Waals surface area (Å²) in [6, 6.07) is -0.273. The number of halogens is 2. The maximum absolute atomic E-state index is 12.7. The summed E-state index contributed by atoms with van der Waals surface area (Å²) in [6.45, 7) is 4.41. The summed E-state index contributed by atoms with van der Waals surface area (Å²) < 4.78 is 41.5. The van der Waals surface area contributed by atoms with E-state index in [1.807, 2.05) is 0 Å². The van der Waals surface area contributed by atoms with E-state index < -0.39 is 24.6 Å². The lowest BCUT2D eigenvalue weighted by atomic mass is 10.0. The van der Waals surface area contributed by atoms with Gasteiger partial charge < -0.3 is 19.5 Å². The fourth-order valence-corrected chi connectivity index (χ4v) is 7.28. The summed E-state index contributed by atoms with van der Waals surface area (Å²) in [5.41, 5.74) is 0. The second kappa shape index (κ2) is 37.6. The van der Waals surface area contributed by atoms with Gasteiger partial charge in [-0.05, 0) is 12.8 Å². The normalized spacial score (nSPS) is 13.8. The molecule has 0 spiro atoms. The number of unbranched alkanes of at least 4 members (excludes halogenated alkanes) is 28. The first-order valence-electron chi connectivity index (χ1n) is 23.1. The van der Waals surface area contributed by atoms with Gasteiger partial charge in [0.2, 0.25) is 0 Å². The van der Waals surface area contributed by atoms with Gasteiger partial charge in [0.25, 0.3) is 6.43 Å². The molecule has 1 amide bonds. The third kappa shape index (κ3) is 33.8. The first kappa shape index (κ1) is 51.0. The van der Waals surface area contributed by atoms with Crippen LogP contribution in [-0.4, -0.2) is 74.4 Å². The summed E-state index contributed by atoms with van der Waals surface area (Å²) >= 11 is 0. The number of likely N-dealkylation sites (tertiary alicyclic amines) is 1. The third-order valence-corrected chi connectivity index (χ3v) is 10.8. The smallest absolute Gasteiger partial charge is 0.407 e. The number of alkyl halides is 2. The molecule has 0 aliphatic carbocycles. The van der Waals surface area contributed by atoms with Crippen molar-refractivity contribution in [3.05, 3.63) is 0 Å². The summed E-state index contributed by atoms with van der Waals surface area (Å²) in [6.07, 6.45) is 33.9. The lowest BCUT2D eigenvalue weighted by molar-refractivity contribution is -0.161. The molecule has 324 valence electrons. The first-order valence-corrected chi connectivity index (χ1v) is 23.1. The highest BCUT2D eigenvalue weighted by molar-refractivity contribution is 5.70. The van der Waals surface area contributed by atoms with E-state index in [9.17, 15) is 23.2 Å². The average molecular weight is 787 g/mol. The zero-order chi connectivity index (χ0) is 40.0. The van der Waals surface area contributed by atoms with Gasteiger partial charge in [-0.2, -0.15) is 0 Å². The predicted molar refractivity (Wildman–Crippen MR) is 221 cm³/mol. The number of alkyl carbamates (subject to hydrolysis) is 1. The van der Waals surface area contributed by atoms with E-state index in [1.54, 1.807) is 4.90 Å². The lowest BCUT2D eigenvalue weighted by Gasteiger charge is -2.38. The van der Waals surface area contributed by atoms with E-state index in [0.29, 0.717) is 19.5 Å². The fourth-order valence-electron chi connectivity index (χ4n) is 7.28. The number of nitrogens with one attached hydrogen (secondary N) is 1. The number of esters is 2. The minimum atomic E-state index is -2.42.